The highest BCUT2D eigenvalue weighted by Gasteiger charge is 2.37. The summed E-state index contributed by atoms with van der Waals surface area (Å²) in [5, 5.41) is 7.76. The number of hydrogen-bond acceptors (Lipinski definition) is 6. The molecule has 0 radical (unpaired) electrons. The maximum Gasteiger partial charge on any atom is 0.416 e. The monoisotopic (exact) mass is 418 g/mol. The Balaban J connectivity index is 2.27. The molecular weight excluding hydrogens is 400 g/mol. The lowest BCUT2D eigenvalue weighted by Crippen LogP contribution is -2.14. The Morgan fingerprint density at radius 3 is 2.43 bits per heavy atom. The van der Waals surface area contributed by atoms with Gasteiger partial charge in [0.25, 0.3) is 5.56 Å². The van der Waals surface area contributed by atoms with Crippen LogP contribution in [0.5, 0.6) is 0 Å². The highest BCUT2D eigenvalue weighted by atomic mass is 31.2. The number of halogens is 3. The van der Waals surface area contributed by atoms with Gasteiger partial charge in [0.05, 0.1) is 29.8 Å². The van der Waals surface area contributed by atoms with E-state index in [0.717, 1.165) is 12.1 Å². The van der Waals surface area contributed by atoms with E-state index in [4.69, 9.17) is 9.05 Å². The number of benzene rings is 1. The summed E-state index contributed by atoms with van der Waals surface area (Å²) in [5.74, 6) is 0.0936. The summed E-state index contributed by atoms with van der Waals surface area (Å²) in [6, 6.07) is 2.92. The van der Waals surface area contributed by atoms with Gasteiger partial charge in [0.15, 0.2) is 5.82 Å². The predicted octanol–water partition coefficient (Wildman–Crippen LogP) is 3.92. The molecule has 1 atom stereocenters. The zero-order chi connectivity index (χ0) is 20.7. The largest absolute Gasteiger partial charge is 0.416 e. The fourth-order valence-corrected chi connectivity index (χ4v) is 4.59. The smallest absolute Gasteiger partial charge is 0.317 e. The maximum atomic E-state index is 13.1. The van der Waals surface area contributed by atoms with Gasteiger partial charge in [0, 0.05) is 0 Å². The highest BCUT2D eigenvalue weighted by molar-refractivity contribution is 7.54. The minimum absolute atomic E-state index is 0.0526. The standard InChI is InChI=1S/C16H18F3N4O4P/c1-4-26-28(25,27-5-2)9(3)13-21-22-14-15(24)20-11-8-10(16(17,18)19)6-7-12(11)23(13)14/h6-9H,4-5H2,1-3H3,(H,20,24). The van der Waals surface area contributed by atoms with Crippen LogP contribution in [-0.4, -0.2) is 32.8 Å². The molecule has 2 aromatic heterocycles. The van der Waals surface area contributed by atoms with Crippen molar-refractivity contribution in [2.75, 3.05) is 13.2 Å². The zero-order valence-electron chi connectivity index (χ0n) is 15.3. The lowest BCUT2D eigenvalue weighted by Gasteiger charge is -2.22. The van der Waals surface area contributed by atoms with Gasteiger partial charge >= 0.3 is 13.8 Å². The van der Waals surface area contributed by atoms with Crippen LogP contribution in [-0.2, 0) is 19.8 Å². The van der Waals surface area contributed by atoms with Crippen LogP contribution in [0.15, 0.2) is 23.0 Å². The van der Waals surface area contributed by atoms with Gasteiger partial charge in [-0.1, -0.05) is 0 Å². The normalized spacial score (nSPS) is 14.1. The number of fused-ring (bicyclic) bond motifs is 3. The molecule has 0 bridgehead atoms. The molecule has 12 heteroatoms. The summed E-state index contributed by atoms with van der Waals surface area (Å²) in [4.78, 5) is 14.7. The number of H-pyrrole nitrogens is 1. The van der Waals surface area contributed by atoms with Gasteiger partial charge in [-0.3, -0.25) is 13.8 Å². The third-order valence-corrected chi connectivity index (χ3v) is 6.59. The van der Waals surface area contributed by atoms with Crippen molar-refractivity contribution in [3.63, 3.8) is 0 Å². The number of aromatic nitrogens is 4. The van der Waals surface area contributed by atoms with Gasteiger partial charge in [-0.05, 0) is 39.0 Å². The molecule has 28 heavy (non-hydrogen) atoms. The molecule has 3 aromatic rings. The van der Waals surface area contributed by atoms with E-state index < -0.39 is 30.6 Å². The van der Waals surface area contributed by atoms with Crippen molar-refractivity contribution in [1.29, 1.82) is 0 Å². The third kappa shape index (κ3) is 3.45. The second kappa shape index (κ2) is 7.31. The first kappa shape index (κ1) is 20.5. The molecule has 0 aliphatic heterocycles. The van der Waals surface area contributed by atoms with Crippen molar-refractivity contribution < 1.29 is 26.8 Å². The average Bonchev–Trinajstić information content (AvgIpc) is 3.06. The molecule has 1 N–H and O–H groups in total. The summed E-state index contributed by atoms with van der Waals surface area (Å²) in [6.07, 6.45) is -4.57. The molecule has 0 aliphatic rings. The Kier molecular flexibility index (Phi) is 5.35. The highest BCUT2D eigenvalue weighted by Crippen LogP contribution is 2.60. The van der Waals surface area contributed by atoms with Crippen LogP contribution in [0.2, 0.25) is 0 Å². The fraction of sp³-hybridized carbons (Fsp3) is 0.438. The second-order valence-electron chi connectivity index (χ2n) is 5.95. The fourth-order valence-electron chi connectivity index (χ4n) is 2.90. The Hall–Kier alpha value is -2.23. The van der Waals surface area contributed by atoms with E-state index in [1.54, 1.807) is 20.8 Å². The number of aromatic amines is 1. The minimum atomic E-state index is -4.57. The van der Waals surface area contributed by atoms with Crippen LogP contribution >= 0.6 is 7.60 Å². The summed E-state index contributed by atoms with van der Waals surface area (Å²) >= 11 is 0. The first-order valence-corrected chi connectivity index (χ1v) is 10.1. The molecule has 1 unspecified atom stereocenters. The lowest BCUT2D eigenvalue weighted by molar-refractivity contribution is -0.137. The summed E-state index contributed by atoms with van der Waals surface area (Å²) < 4.78 is 64.1. The first-order valence-electron chi connectivity index (χ1n) is 8.49. The first-order chi connectivity index (χ1) is 13.1. The topological polar surface area (TPSA) is 98.6 Å². The minimum Gasteiger partial charge on any atom is -0.317 e. The molecule has 8 nitrogen and oxygen atoms in total. The van der Waals surface area contributed by atoms with Crippen LogP contribution in [0, 0.1) is 0 Å². The van der Waals surface area contributed by atoms with Crippen LogP contribution in [0.25, 0.3) is 16.7 Å². The van der Waals surface area contributed by atoms with Crippen LogP contribution in [0.1, 0.15) is 37.8 Å². The Labute approximate surface area is 157 Å². The molecular formula is C16H18F3N4O4P. The summed E-state index contributed by atoms with van der Waals surface area (Å²) in [5.41, 5.74) is -2.49. The molecule has 2 heterocycles. The number of alkyl halides is 3. The lowest BCUT2D eigenvalue weighted by atomic mass is 10.2. The van der Waals surface area contributed by atoms with Crippen LogP contribution in [0.4, 0.5) is 13.2 Å². The molecule has 0 saturated carbocycles. The maximum absolute atomic E-state index is 13.1. The average molecular weight is 418 g/mol. The van der Waals surface area contributed by atoms with Crippen molar-refractivity contribution in [2.24, 2.45) is 0 Å². The van der Waals surface area contributed by atoms with Gasteiger partial charge < -0.3 is 14.0 Å². The van der Waals surface area contributed by atoms with E-state index in [2.05, 4.69) is 15.2 Å². The molecule has 0 amide bonds. The Morgan fingerprint density at radius 2 is 1.86 bits per heavy atom. The van der Waals surface area contributed by atoms with E-state index in [1.807, 2.05) is 0 Å². The van der Waals surface area contributed by atoms with Crippen molar-refractivity contribution >= 4 is 24.3 Å². The van der Waals surface area contributed by atoms with Crippen LogP contribution < -0.4 is 5.56 Å². The molecule has 0 spiro atoms. The van der Waals surface area contributed by atoms with Crippen molar-refractivity contribution in [2.45, 2.75) is 32.6 Å². The van der Waals surface area contributed by atoms with E-state index in [9.17, 15) is 22.5 Å². The van der Waals surface area contributed by atoms with Crippen molar-refractivity contribution in [3.8, 4) is 0 Å². The van der Waals surface area contributed by atoms with Gasteiger partial charge in [-0.25, -0.2) is 0 Å². The number of hydrogen-bond donors (Lipinski definition) is 1. The Morgan fingerprint density at radius 1 is 1.21 bits per heavy atom. The molecule has 0 saturated heterocycles. The van der Waals surface area contributed by atoms with Gasteiger partial charge in [0.1, 0.15) is 5.66 Å². The molecule has 0 aliphatic carbocycles. The predicted molar refractivity (Wildman–Crippen MR) is 95.4 cm³/mol. The van der Waals surface area contributed by atoms with E-state index >= 15 is 0 Å². The number of rotatable bonds is 6. The van der Waals surface area contributed by atoms with Crippen molar-refractivity contribution in [1.82, 2.24) is 19.6 Å². The van der Waals surface area contributed by atoms with Crippen molar-refractivity contribution in [3.05, 3.63) is 39.9 Å². The van der Waals surface area contributed by atoms with Gasteiger partial charge in [-0.2, -0.15) is 13.2 Å². The van der Waals surface area contributed by atoms with E-state index in [-0.39, 0.29) is 35.7 Å². The third-order valence-electron chi connectivity index (χ3n) is 4.17. The van der Waals surface area contributed by atoms with Crippen LogP contribution in [0.3, 0.4) is 0 Å². The SMILES string of the molecule is CCOP(=O)(OCC)C(C)c1nnc2c(=O)[nH]c3cc(C(F)(F)F)ccc3n12. The summed E-state index contributed by atoms with van der Waals surface area (Å²) in [7, 11) is -3.65. The number of nitrogens with one attached hydrogen (secondary N) is 1. The second-order valence-corrected chi connectivity index (χ2v) is 8.32. The van der Waals surface area contributed by atoms with Gasteiger partial charge in [0.2, 0.25) is 5.65 Å². The molecule has 1 aromatic carbocycles. The Bertz CT molecular complexity index is 1110. The number of nitrogens with zero attached hydrogens (tertiary/aromatic N) is 3. The van der Waals surface area contributed by atoms with Gasteiger partial charge in [-0.15, -0.1) is 10.2 Å². The quantitative estimate of drug-likeness (QED) is 0.610. The zero-order valence-corrected chi connectivity index (χ0v) is 16.2. The molecule has 0 fully saturated rings. The summed E-state index contributed by atoms with van der Waals surface area (Å²) in [6.45, 7) is 5.08. The molecule has 152 valence electrons. The molecule has 3 rings (SSSR count). The van der Waals surface area contributed by atoms with E-state index in [0.29, 0.717) is 0 Å². The van der Waals surface area contributed by atoms with E-state index in [1.165, 1.54) is 10.5 Å².